The van der Waals surface area contributed by atoms with Gasteiger partial charge >= 0.3 is 0 Å². The fourth-order valence-electron chi connectivity index (χ4n) is 2.44. The zero-order chi connectivity index (χ0) is 10.2. The highest BCUT2D eigenvalue weighted by molar-refractivity contribution is 4.91. The molecule has 14 heavy (non-hydrogen) atoms. The average Bonchev–Trinajstić information content (AvgIpc) is 2.00. The molecule has 1 N–H and O–H groups in total. The molecule has 2 rings (SSSR count). The van der Waals surface area contributed by atoms with Gasteiger partial charge in [0.2, 0.25) is 0 Å². The van der Waals surface area contributed by atoms with E-state index < -0.39 is 0 Å². The topological polar surface area (TPSA) is 15.3 Å². The Bertz CT molecular complexity index is 191. The van der Waals surface area contributed by atoms with Crippen LogP contribution in [0.5, 0.6) is 0 Å². The summed E-state index contributed by atoms with van der Waals surface area (Å²) in [6, 6.07) is 1.60. The number of hydrogen-bond acceptors (Lipinski definition) is 2. The van der Waals surface area contributed by atoms with E-state index in [0.717, 1.165) is 6.04 Å². The van der Waals surface area contributed by atoms with Crippen molar-refractivity contribution in [1.82, 2.24) is 10.2 Å². The zero-order valence-corrected chi connectivity index (χ0v) is 9.84. The van der Waals surface area contributed by atoms with E-state index in [1.807, 2.05) is 0 Å². The van der Waals surface area contributed by atoms with Crippen molar-refractivity contribution in [3.05, 3.63) is 0 Å². The van der Waals surface area contributed by atoms with E-state index in [1.165, 1.54) is 38.9 Å². The molecule has 1 heterocycles. The second-order valence-corrected chi connectivity index (χ2v) is 5.95. The van der Waals surface area contributed by atoms with Gasteiger partial charge in [-0.15, -0.1) is 0 Å². The van der Waals surface area contributed by atoms with E-state index in [9.17, 15) is 0 Å². The molecule has 1 aliphatic heterocycles. The van der Waals surface area contributed by atoms with Crippen molar-refractivity contribution in [2.45, 2.75) is 52.1 Å². The van der Waals surface area contributed by atoms with Crippen molar-refractivity contribution in [2.75, 3.05) is 19.6 Å². The van der Waals surface area contributed by atoms with Crippen LogP contribution < -0.4 is 5.32 Å². The number of nitrogens with zero attached hydrogens (tertiary/aromatic N) is 1. The van der Waals surface area contributed by atoms with E-state index in [1.54, 1.807) is 0 Å². The van der Waals surface area contributed by atoms with Crippen LogP contribution in [0, 0.1) is 5.41 Å². The van der Waals surface area contributed by atoms with Crippen LogP contribution >= 0.6 is 0 Å². The van der Waals surface area contributed by atoms with Gasteiger partial charge < -0.3 is 5.32 Å². The quantitative estimate of drug-likeness (QED) is 0.688. The first-order valence-electron chi connectivity index (χ1n) is 6.05. The maximum absolute atomic E-state index is 3.65. The van der Waals surface area contributed by atoms with E-state index in [0.29, 0.717) is 11.5 Å². The van der Waals surface area contributed by atoms with Crippen molar-refractivity contribution in [3.63, 3.8) is 0 Å². The minimum Gasteiger partial charge on any atom is -0.311 e. The minimum absolute atomic E-state index is 0.405. The molecule has 0 amide bonds. The maximum Gasteiger partial charge on any atom is 0.0244 e. The lowest BCUT2D eigenvalue weighted by molar-refractivity contribution is 0.0630. The summed E-state index contributed by atoms with van der Waals surface area (Å²) in [5, 5.41) is 3.65. The van der Waals surface area contributed by atoms with E-state index in [-0.39, 0.29) is 0 Å². The fourth-order valence-corrected chi connectivity index (χ4v) is 2.44. The van der Waals surface area contributed by atoms with Gasteiger partial charge in [-0.2, -0.15) is 0 Å². The summed E-state index contributed by atoms with van der Waals surface area (Å²) in [5.41, 5.74) is 0.405. The predicted molar refractivity (Wildman–Crippen MR) is 60.5 cm³/mol. The van der Waals surface area contributed by atoms with Crippen LogP contribution in [0.1, 0.15) is 40.0 Å². The first kappa shape index (κ1) is 10.4. The third-order valence-electron chi connectivity index (χ3n) is 3.84. The Morgan fingerprint density at radius 2 is 1.93 bits per heavy atom. The van der Waals surface area contributed by atoms with Crippen LogP contribution in [-0.2, 0) is 0 Å². The maximum atomic E-state index is 3.65. The van der Waals surface area contributed by atoms with Gasteiger partial charge in [-0.1, -0.05) is 27.2 Å². The first-order valence-corrected chi connectivity index (χ1v) is 6.05. The van der Waals surface area contributed by atoms with E-state index in [4.69, 9.17) is 0 Å². The Hall–Kier alpha value is -0.0800. The molecule has 2 heteroatoms. The van der Waals surface area contributed by atoms with Gasteiger partial charge in [0, 0.05) is 31.7 Å². The Kier molecular flexibility index (Phi) is 2.85. The highest BCUT2D eigenvalue weighted by Crippen LogP contribution is 2.28. The molecule has 0 radical (unpaired) electrons. The smallest absolute Gasteiger partial charge is 0.0244 e. The van der Waals surface area contributed by atoms with Gasteiger partial charge in [0.05, 0.1) is 0 Å². The van der Waals surface area contributed by atoms with Crippen molar-refractivity contribution < 1.29 is 0 Å². The normalized spacial score (nSPS) is 31.5. The van der Waals surface area contributed by atoms with Crippen LogP contribution in [0.15, 0.2) is 0 Å². The van der Waals surface area contributed by atoms with Gasteiger partial charge in [-0.3, -0.25) is 4.90 Å². The predicted octanol–water partition coefficient (Wildman–Crippen LogP) is 1.86. The van der Waals surface area contributed by atoms with Gasteiger partial charge in [0.15, 0.2) is 0 Å². The monoisotopic (exact) mass is 196 g/mol. The van der Waals surface area contributed by atoms with Crippen molar-refractivity contribution in [1.29, 1.82) is 0 Å². The standard InChI is InChI=1S/C12H24N2/c1-12(2,3)11-9-14(8-7-13-11)10-5-4-6-10/h10-11,13H,4-9H2,1-3H3. The summed E-state index contributed by atoms with van der Waals surface area (Å²) < 4.78 is 0. The summed E-state index contributed by atoms with van der Waals surface area (Å²) in [4.78, 5) is 2.70. The van der Waals surface area contributed by atoms with Gasteiger partial charge in [-0.05, 0) is 18.3 Å². The molecule has 1 aliphatic carbocycles. The third-order valence-corrected chi connectivity index (χ3v) is 3.84. The van der Waals surface area contributed by atoms with Crippen LogP contribution in [-0.4, -0.2) is 36.6 Å². The average molecular weight is 196 g/mol. The lowest BCUT2D eigenvalue weighted by Crippen LogP contribution is -2.59. The summed E-state index contributed by atoms with van der Waals surface area (Å²) in [6.07, 6.45) is 4.34. The summed E-state index contributed by atoms with van der Waals surface area (Å²) >= 11 is 0. The molecular formula is C12H24N2. The third kappa shape index (κ3) is 2.12. The molecule has 0 aromatic heterocycles. The van der Waals surface area contributed by atoms with Crippen LogP contribution in [0.2, 0.25) is 0 Å². The molecule has 1 unspecified atom stereocenters. The summed E-state index contributed by atoms with van der Waals surface area (Å²) in [7, 11) is 0. The van der Waals surface area contributed by atoms with Crippen molar-refractivity contribution in [3.8, 4) is 0 Å². The molecule has 2 fully saturated rings. The molecule has 1 atom stereocenters. The Balaban J connectivity index is 1.90. The fraction of sp³-hybridized carbons (Fsp3) is 1.00. The van der Waals surface area contributed by atoms with Crippen LogP contribution in [0.25, 0.3) is 0 Å². The van der Waals surface area contributed by atoms with Crippen molar-refractivity contribution >= 4 is 0 Å². The largest absolute Gasteiger partial charge is 0.311 e. The molecular weight excluding hydrogens is 172 g/mol. The van der Waals surface area contributed by atoms with E-state index >= 15 is 0 Å². The van der Waals surface area contributed by atoms with Gasteiger partial charge in [-0.25, -0.2) is 0 Å². The highest BCUT2D eigenvalue weighted by Gasteiger charge is 2.33. The number of rotatable bonds is 1. The molecule has 2 aliphatic rings. The summed E-state index contributed by atoms with van der Waals surface area (Å²) in [5.74, 6) is 0. The van der Waals surface area contributed by atoms with Crippen molar-refractivity contribution in [2.24, 2.45) is 5.41 Å². The molecule has 0 spiro atoms. The second-order valence-electron chi connectivity index (χ2n) is 5.95. The summed E-state index contributed by atoms with van der Waals surface area (Å²) in [6.45, 7) is 10.7. The number of nitrogens with one attached hydrogen (secondary N) is 1. The lowest BCUT2D eigenvalue weighted by atomic mass is 9.83. The molecule has 2 nitrogen and oxygen atoms in total. The van der Waals surface area contributed by atoms with E-state index in [2.05, 4.69) is 31.0 Å². The Morgan fingerprint density at radius 3 is 2.43 bits per heavy atom. The molecule has 1 saturated carbocycles. The zero-order valence-electron chi connectivity index (χ0n) is 9.84. The highest BCUT2D eigenvalue weighted by atomic mass is 15.2. The van der Waals surface area contributed by atoms with Gasteiger partial charge in [0.1, 0.15) is 0 Å². The Morgan fingerprint density at radius 1 is 1.21 bits per heavy atom. The number of piperazine rings is 1. The molecule has 0 aromatic rings. The first-order chi connectivity index (χ1) is 6.57. The minimum atomic E-state index is 0.405. The SMILES string of the molecule is CC(C)(C)C1CN(C2CCC2)CCN1. The Labute approximate surface area is 88.1 Å². The van der Waals surface area contributed by atoms with Gasteiger partial charge in [0.25, 0.3) is 0 Å². The molecule has 0 bridgehead atoms. The lowest BCUT2D eigenvalue weighted by Gasteiger charge is -2.46. The molecule has 82 valence electrons. The van der Waals surface area contributed by atoms with Crippen LogP contribution in [0.4, 0.5) is 0 Å². The molecule has 0 aromatic carbocycles. The molecule has 1 saturated heterocycles. The number of hydrogen-bond donors (Lipinski definition) is 1. The van der Waals surface area contributed by atoms with Crippen LogP contribution in [0.3, 0.4) is 0 Å². The second kappa shape index (κ2) is 3.82.